The molecule has 2 amide bonds. The average Bonchev–Trinajstić information content (AvgIpc) is 3.08. The number of nitrogens with one attached hydrogen (secondary N) is 3. The molecule has 1 heterocycles. The Morgan fingerprint density at radius 2 is 1.96 bits per heavy atom. The van der Waals surface area contributed by atoms with Gasteiger partial charge in [-0.2, -0.15) is 5.10 Å². The molecule has 1 aromatic carbocycles. The number of aromatic nitrogens is 2. The van der Waals surface area contributed by atoms with Gasteiger partial charge in [0, 0.05) is 17.7 Å². The van der Waals surface area contributed by atoms with Gasteiger partial charge in [-0.15, -0.1) is 0 Å². The lowest BCUT2D eigenvalue weighted by Crippen LogP contribution is -2.44. The van der Waals surface area contributed by atoms with Crippen LogP contribution in [0.4, 0.5) is 4.79 Å². The normalized spacial score (nSPS) is 11.5. The van der Waals surface area contributed by atoms with Crippen LogP contribution in [-0.2, 0) is 16.1 Å². The van der Waals surface area contributed by atoms with Gasteiger partial charge in [0.15, 0.2) is 0 Å². The highest BCUT2D eigenvalue weighted by Gasteiger charge is 2.16. The molecule has 2 rings (SSSR count). The summed E-state index contributed by atoms with van der Waals surface area (Å²) >= 11 is 0. The van der Waals surface area contributed by atoms with Gasteiger partial charge in [0.05, 0.1) is 26.1 Å². The van der Waals surface area contributed by atoms with E-state index < -0.39 is 12.1 Å². The summed E-state index contributed by atoms with van der Waals surface area (Å²) < 4.78 is 9.60. The van der Waals surface area contributed by atoms with Gasteiger partial charge < -0.3 is 20.1 Å². The van der Waals surface area contributed by atoms with Crippen LogP contribution in [0.3, 0.4) is 0 Å². The van der Waals surface area contributed by atoms with Crippen LogP contribution in [0.15, 0.2) is 30.5 Å². The number of carbonyl (C=O) groups is 2. The molecule has 0 bridgehead atoms. The molecule has 3 N–H and O–H groups in total. The highest BCUT2D eigenvalue weighted by molar-refractivity contribution is 5.85. The maximum absolute atomic E-state index is 12.0. The first-order valence-corrected chi connectivity index (χ1v) is 7.34. The van der Waals surface area contributed by atoms with Crippen molar-refractivity contribution in [2.24, 2.45) is 0 Å². The lowest BCUT2D eigenvalue weighted by molar-refractivity contribution is -0.122. The van der Waals surface area contributed by atoms with Crippen molar-refractivity contribution in [1.29, 1.82) is 0 Å². The van der Waals surface area contributed by atoms with E-state index in [1.165, 1.54) is 7.11 Å². The smallest absolute Gasteiger partial charge is 0.407 e. The molecule has 24 heavy (non-hydrogen) atoms. The zero-order chi connectivity index (χ0) is 17.5. The van der Waals surface area contributed by atoms with Gasteiger partial charge in [0.2, 0.25) is 5.91 Å². The summed E-state index contributed by atoms with van der Waals surface area (Å²) in [5, 5.41) is 12.1. The van der Waals surface area contributed by atoms with Crippen LogP contribution < -0.4 is 15.4 Å². The zero-order valence-electron chi connectivity index (χ0n) is 13.8. The fourth-order valence-corrected chi connectivity index (χ4v) is 2.09. The summed E-state index contributed by atoms with van der Waals surface area (Å²) in [7, 11) is 2.85. The molecule has 8 heteroatoms. The first-order chi connectivity index (χ1) is 11.5. The van der Waals surface area contributed by atoms with Crippen LogP contribution >= 0.6 is 0 Å². The molecule has 0 saturated carbocycles. The fourth-order valence-electron chi connectivity index (χ4n) is 2.09. The van der Waals surface area contributed by atoms with Crippen LogP contribution in [0.2, 0.25) is 0 Å². The van der Waals surface area contributed by atoms with Gasteiger partial charge in [0.1, 0.15) is 11.8 Å². The summed E-state index contributed by atoms with van der Waals surface area (Å²) in [6.07, 6.45) is 0.998. The van der Waals surface area contributed by atoms with Gasteiger partial charge >= 0.3 is 6.09 Å². The number of hydrogen-bond acceptors (Lipinski definition) is 5. The predicted octanol–water partition coefficient (Wildman–Crippen LogP) is 1.45. The third kappa shape index (κ3) is 4.25. The Balaban J connectivity index is 2.00. The molecule has 0 unspecified atom stereocenters. The fraction of sp³-hybridized carbons (Fsp3) is 0.312. The second-order valence-electron chi connectivity index (χ2n) is 5.07. The maximum atomic E-state index is 12.0. The number of hydrogen-bond donors (Lipinski definition) is 3. The first kappa shape index (κ1) is 17.3. The summed E-state index contributed by atoms with van der Waals surface area (Å²) in [5.41, 5.74) is 2.57. The summed E-state index contributed by atoms with van der Waals surface area (Å²) in [4.78, 5) is 23.1. The minimum Gasteiger partial charge on any atom is -0.497 e. The van der Waals surface area contributed by atoms with E-state index >= 15 is 0 Å². The second-order valence-corrected chi connectivity index (χ2v) is 5.07. The van der Waals surface area contributed by atoms with E-state index in [9.17, 15) is 9.59 Å². The average molecular weight is 332 g/mol. The second kappa shape index (κ2) is 8.00. The molecular weight excluding hydrogens is 312 g/mol. The summed E-state index contributed by atoms with van der Waals surface area (Å²) in [5.74, 6) is 0.443. The monoisotopic (exact) mass is 332 g/mol. The van der Waals surface area contributed by atoms with E-state index in [2.05, 4.69) is 25.6 Å². The number of rotatable bonds is 6. The molecule has 1 atom stereocenters. The molecule has 0 spiro atoms. The van der Waals surface area contributed by atoms with Gasteiger partial charge in [-0.1, -0.05) is 0 Å². The quantitative estimate of drug-likeness (QED) is 0.742. The Bertz CT molecular complexity index is 696. The molecular formula is C16H20N4O4. The van der Waals surface area contributed by atoms with Crippen LogP contribution in [-0.4, -0.2) is 42.5 Å². The number of alkyl carbamates (subject to hydrolysis) is 1. The standard InChI is InChI=1S/C16H20N4O4/c1-10(19-16(22)24-3)15(21)17-8-12-9-18-20-14(12)11-4-6-13(23-2)7-5-11/h4-7,9-10H,8H2,1-3H3,(H,17,21)(H,18,20)(H,19,22)/t10-/m1/s1. The molecule has 0 aliphatic heterocycles. The molecule has 0 saturated heterocycles. The summed E-state index contributed by atoms with van der Waals surface area (Å²) in [6, 6.07) is 6.80. The maximum Gasteiger partial charge on any atom is 0.407 e. The number of amides is 2. The van der Waals surface area contributed by atoms with E-state index in [1.807, 2.05) is 24.3 Å². The Morgan fingerprint density at radius 1 is 1.25 bits per heavy atom. The lowest BCUT2D eigenvalue weighted by atomic mass is 10.1. The Morgan fingerprint density at radius 3 is 2.58 bits per heavy atom. The number of methoxy groups -OCH3 is 2. The van der Waals surface area contributed by atoms with Gasteiger partial charge in [-0.3, -0.25) is 9.89 Å². The van der Waals surface area contributed by atoms with Gasteiger partial charge in [0.25, 0.3) is 0 Å². The van der Waals surface area contributed by atoms with Crippen LogP contribution in [0.5, 0.6) is 5.75 Å². The van der Waals surface area contributed by atoms with Crippen molar-refractivity contribution in [3.8, 4) is 17.0 Å². The molecule has 0 fully saturated rings. The molecule has 0 aliphatic rings. The third-order valence-corrected chi connectivity index (χ3v) is 3.46. The largest absolute Gasteiger partial charge is 0.497 e. The molecule has 128 valence electrons. The van der Waals surface area contributed by atoms with Crippen molar-refractivity contribution >= 4 is 12.0 Å². The molecule has 0 radical (unpaired) electrons. The van der Waals surface area contributed by atoms with Crippen molar-refractivity contribution < 1.29 is 19.1 Å². The molecule has 1 aromatic heterocycles. The molecule has 8 nitrogen and oxygen atoms in total. The van der Waals surface area contributed by atoms with Crippen molar-refractivity contribution in [1.82, 2.24) is 20.8 Å². The van der Waals surface area contributed by atoms with Crippen LogP contribution in [0, 0.1) is 0 Å². The van der Waals surface area contributed by atoms with E-state index in [-0.39, 0.29) is 12.5 Å². The summed E-state index contributed by atoms with van der Waals surface area (Å²) in [6.45, 7) is 1.86. The van der Waals surface area contributed by atoms with E-state index in [0.29, 0.717) is 0 Å². The van der Waals surface area contributed by atoms with Crippen molar-refractivity contribution in [3.05, 3.63) is 36.0 Å². The van der Waals surface area contributed by atoms with Crippen molar-refractivity contribution in [2.45, 2.75) is 19.5 Å². The Kier molecular flexibility index (Phi) is 5.78. The van der Waals surface area contributed by atoms with Crippen LogP contribution in [0.25, 0.3) is 11.3 Å². The Hall–Kier alpha value is -3.03. The number of H-pyrrole nitrogens is 1. The number of carbonyl (C=O) groups excluding carboxylic acids is 2. The lowest BCUT2D eigenvalue weighted by Gasteiger charge is -2.13. The van der Waals surface area contributed by atoms with Crippen molar-refractivity contribution in [2.75, 3.05) is 14.2 Å². The topological polar surface area (TPSA) is 105 Å². The number of ether oxygens (including phenoxy) is 2. The zero-order valence-corrected chi connectivity index (χ0v) is 13.8. The van der Waals surface area contributed by atoms with Gasteiger partial charge in [-0.05, 0) is 31.2 Å². The molecule has 2 aromatic rings. The number of benzene rings is 1. The molecule has 0 aliphatic carbocycles. The highest BCUT2D eigenvalue weighted by atomic mass is 16.5. The van der Waals surface area contributed by atoms with Crippen LogP contribution in [0.1, 0.15) is 12.5 Å². The van der Waals surface area contributed by atoms with E-state index in [4.69, 9.17) is 4.74 Å². The van der Waals surface area contributed by atoms with Gasteiger partial charge in [-0.25, -0.2) is 4.79 Å². The first-order valence-electron chi connectivity index (χ1n) is 7.34. The number of nitrogens with zero attached hydrogens (tertiary/aromatic N) is 1. The van der Waals surface area contributed by atoms with E-state index in [0.717, 1.165) is 22.6 Å². The SMILES string of the molecule is COC(=O)N[C@H](C)C(=O)NCc1cn[nH]c1-c1ccc(OC)cc1. The van der Waals surface area contributed by atoms with Crippen molar-refractivity contribution in [3.63, 3.8) is 0 Å². The number of aromatic amines is 1. The Labute approximate surface area is 139 Å². The predicted molar refractivity (Wildman–Crippen MR) is 87.4 cm³/mol. The third-order valence-electron chi connectivity index (χ3n) is 3.46. The van der Waals surface area contributed by atoms with E-state index in [1.54, 1.807) is 20.2 Å². The minimum absolute atomic E-state index is 0.282. The highest BCUT2D eigenvalue weighted by Crippen LogP contribution is 2.23. The minimum atomic E-state index is -0.700.